The number of aliphatic hydroxyl groups excluding tert-OH is 1. The van der Waals surface area contributed by atoms with Crippen molar-refractivity contribution in [3.05, 3.63) is 0 Å². The molecule has 1 rings (SSSR count). The van der Waals surface area contributed by atoms with Gasteiger partial charge in [-0.05, 0) is 12.8 Å². The Labute approximate surface area is 108 Å². The van der Waals surface area contributed by atoms with Crippen LogP contribution in [0.4, 0.5) is 13.2 Å². The number of hydrogen-bond acceptors (Lipinski definition) is 3. The van der Waals surface area contributed by atoms with E-state index < -0.39 is 30.5 Å². The topological polar surface area (TPSA) is 69.6 Å². The molecular weight excluding hydrogens is 265 g/mol. The van der Waals surface area contributed by atoms with Crippen molar-refractivity contribution < 1.29 is 27.9 Å². The molecule has 0 aromatic rings. The second-order valence-electron chi connectivity index (χ2n) is 4.51. The third-order valence-corrected chi connectivity index (χ3v) is 2.84. The minimum Gasteiger partial charge on any atom is -0.396 e. The molecule has 0 saturated carbocycles. The maximum absolute atomic E-state index is 12.2. The van der Waals surface area contributed by atoms with Crippen LogP contribution in [0.25, 0.3) is 0 Å². The van der Waals surface area contributed by atoms with Crippen LogP contribution in [0.3, 0.4) is 0 Å². The number of nitrogens with zero attached hydrogens (tertiary/aromatic N) is 1. The Morgan fingerprint density at radius 3 is 2.68 bits per heavy atom. The van der Waals surface area contributed by atoms with Gasteiger partial charge in [0, 0.05) is 26.1 Å². The van der Waals surface area contributed by atoms with Crippen molar-refractivity contribution in [1.29, 1.82) is 0 Å². The number of aliphatic hydroxyl groups is 1. The summed E-state index contributed by atoms with van der Waals surface area (Å²) in [5.41, 5.74) is 0. The Hall–Kier alpha value is -1.31. The van der Waals surface area contributed by atoms with E-state index in [9.17, 15) is 22.8 Å². The fraction of sp³-hybridized carbons (Fsp3) is 0.818. The van der Waals surface area contributed by atoms with Gasteiger partial charge in [0.15, 0.2) is 0 Å². The molecule has 1 saturated heterocycles. The van der Waals surface area contributed by atoms with Crippen LogP contribution in [0.2, 0.25) is 0 Å². The smallest absolute Gasteiger partial charge is 0.396 e. The van der Waals surface area contributed by atoms with E-state index in [1.165, 1.54) is 0 Å². The van der Waals surface area contributed by atoms with Crippen molar-refractivity contribution in [3.63, 3.8) is 0 Å². The molecule has 0 aromatic carbocycles. The summed E-state index contributed by atoms with van der Waals surface area (Å²) in [6.07, 6.45) is -3.48. The lowest BCUT2D eigenvalue weighted by Gasteiger charge is -2.18. The zero-order valence-electron chi connectivity index (χ0n) is 10.4. The van der Waals surface area contributed by atoms with Crippen LogP contribution < -0.4 is 5.32 Å². The molecule has 2 N–H and O–H groups in total. The lowest BCUT2D eigenvalue weighted by atomic mass is 10.1. The van der Waals surface area contributed by atoms with E-state index >= 15 is 0 Å². The van der Waals surface area contributed by atoms with E-state index in [-0.39, 0.29) is 19.6 Å². The van der Waals surface area contributed by atoms with E-state index in [4.69, 9.17) is 5.11 Å². The second kappa shape index (κ2) is 6.74. The van der Waals surface area contributed by atoms with Crippen LogP contribution in [-0.4, -0.2) is 54.2 Å². The van der Waals surface area contributed by atoms with Gasteiger partial charge in [-0.1, -0.05) is 0 Å². The first kappa shape index (κ1) is 15.7. The molecule has 110 valence electrons. The molecule has 0 aliphatic carbocycles. The van der Waals surface area contributed by atoms with Crippen molar-refractivity contribution >= 4 is 11.8 Å². The number of likely N-dealkylation sites (tertiary alicyclic amines) is 1. The maximum Gasteiger partial charge on any atom is 0.406 e. The predicted octanol–water partition coefficient (Wildman–Crippen LogP) is 0.286. The molecule has 5 nitrogen and oxygen atoms in total. The van der Waals surface area contributed by atoms with Crippen LogP contribution in [0.1, 0.15) is 19.3 Å². The highest BCUT2D eigenvalue weighted by molar-refractivity contribution is 5.89. The quantitative estimate of drug-likeness (QED) is 0.688. The van der Waals surface area contributed by atoms with Crippen molar-refractivity contribution in [1.82, 2.24) is 10.2 Å². The van der Waals surface area contributed by atoms with E-state index in [1.54, 1.807) is 0 Å². The number of amides is 2. The van der Waals surface area contributed by atoms with E-state index in [0.29, 0.717) is 24.3 Å². The summed E-state index contributed by atoms with van der Waals surface area (Å²) in [5, 5.41) is 11.1. The largest absolute Gasteiger partial charge is 0.406 e. The van der Waals surface area contributed by atoms with Gasteiger partial charge in [0.2, 0.25) is 11.8 Å². The first-order valence-corrected chi connectivity index (χ1v) is 6.06. The highest BCUT2D eigenvalue weighted by Crippen LogP contribution is 2.23. The number of carbonyl (C=O) groups excluding carboxylic acids is 2. The molecule has 1 aliphatic rings. The fourth-order valence-corrected chi connectivity index (χ4v) is 1.91. The molecule has 19 heavy (non-hydrogen) atoms. The Morgan fingerprint density at radius 2 is 2.11 bits per heavy atom. The molecule has 1 heterocycles. The Morgan fingerprint density at radius 1 is 1.42 bits per heavy atom. The van der Waals surface area contributed by atoms with Gasteiger partial charge in [-0.3, -0.25) is 9.59 Å². The number of rotatable bonds is 6. The molecule has 1 unspecified atom stereocenters. The summed E-state index contributed by atoms with van der Waals surface area (Å²) in [6.45, 7) is -1.12. The highest BCUT2D eigenvalue weighted by Gasteiger charge is 2.40. The fourth-order valence-electron chi connectivity index (χ4n) is 1.91. The third-order valence-electron chi connectivity index (χ3n) is 2.84. The minimum atomic E-state index is -4.44. The summed E-state index contributed by atoms with van der Waals surface area (Å²) in [6, 6.07) is 0. The van der Waals surface area contributed by atoms with Crippen LogP contribution in [0.5, 0.6) is 0 Å². The van der Waals surface area contributed by atoms with Gasteiger partial charge in [0.05, 0.1) is 5.92 Å². The van der Waals surface area contributed by atoms with Crippen LogP contribution >= 0.6 is 0 Å². The number of hydrogen-bond donors (Lipinski definition) is 2. The summed E-state index contributed by atoms with van der Waals surface area (Å²) in [4.78, 5) is 23.7. The molecule has 1 atom stereocenters. The zero-order chi connectivity index (χ0) is 14.5. The number of alkyl halides is 3. The minimum absolute atomic E-state index is 0.0249. The van der Waals surface area contributed by atoms with Gasteiger partial charge in [-0.2, -0.15) is 13.2 Å². The third kappa shape index (κ3) is 5.46. The van der Waals surface area contributed by atoms with Crippen molar-refractivity contribution in [2.45, 2.75) is 25.4 Å². The van der Waals surface area contributed by atoms with Gasteiger partial charge < -0.3 is 15.3 Å². The normalized spacial score (nSPS) is 19.9. The maximum atomic E-state index is 12.2. The molecule has 0 bridgehead atoms. The van der Waals surface area contributed by atoms with Gasteiger partial charge >= 0.3 is 6.18 Å². The standard InChI is InChI=1S/C11H17F3N2O3/c12-11(13,14)7-16-6-8(5-9(16)18)10(19)15-3-1-2-4-17/h8,17H,1-7H2,(H,15,19). The highest BCUT2D eigenvalue weighted by atomic mass is 19.4. The molecular formula is C11H17F3N2O3. The Kier molecular flexibility index (Phi) is 5.59. The molecule has 0 aromatic heterocycles. The van der Waals surface area contributed by atoms with Gasteiger partial charge in [-0.25, -0.2) is 0 Å². The molecule has 2 amide bonds. The van der Waals surface area contributed by atoms with Crippen molar-refractivity contribution in [2.24, 2.45) is 5.92 Å². The summed E-state index contributed by atoms with van der Waals surface area (Å²) in [7, 11) is 0. The zero-order valence-corrected chi connectivity index (χ0v) is 10.4. The summed E-state index contributed by atoms with van der Waals surface area (Å²) < 4.78 is 36.5. The van der Waals surface area contributed by atoms with Crippen LogP contribution in [0.15, 0.2) is 0 Å². The van der Waals surface area contributed by atoms with Crippen LogP contribution in [0, 0.1) is 5.92 Å². The molecule has 1 fully saturated rings. The van der Waals surface area contributed by atoms with Gasteiger partial charge in [0.25, 0.3) is 0 Å². The Balaban J connectivity index is 2.37. The van der Waals surface area contributed by atoms with Gasteiger partial charge in [-0.15, -0.1) is 0 Å². The van der Waals surface area contributed by atoms with Crippen molar-refractivity contribution in [3.8, 4) is 0 Å². The van der Waals surface area contributed by atoms with Crippen LogP contribution in [-0.2, 0) is 9.59 Å². The molecule has 1 aliphatic heterocycles. The SMILES string of the molecule is O=C(NCCCCO)C1CC(=O)N(CC(F)(F)F)C1. The van der Waals surface area contributed by atoms with Gasteiger partial charge in [0.1, 0.15) is 6.54 Å². The first-order chi connectivity index (χ1) is 8.83. The molecule has 0 radical (unpaired) electrons. The lowest BCUT2D eigenvalue weighted by Crippen LogP contribution is -2.37. The number of unbranched alkanes of at least 4 members (excludes halogenated alkanes) is 1. The average Bonchev–Trinajstić information content (AvgIpc) is 2.64. The average molecular weight is 282 g/mol. The molecule has 8 heteroatoms. The first-order valence-electron chi connectivity index (χ1n) is 6.06. The predicted molar refractivity (Wildman–Crippen MR) is 60.1 cm³/mol. The van der Waals surface area contributed by atoms with E-state index in [2.05, 4.69) is 5.32 Å². The number of halogens is 3. The lowest BCUT2D eigenvalue weighted by molar-refractivity contribution is -0.157. The Bertz CT molecular complexity index is 334. The monoisotopic (exact) mass is 282 g/mol. The second-order valence-corrected chi connectivity index (χ2v) is 4.51. The van der Waals surface area contributed by atoms with E-state index in [1.807, 2.05) is 0 Å². The summed E-state index contributed by atoms with van der Waals surface area (Å²) >= 11 is 0. The van der Waals surface area contributed by atoms with Crippen molar-refractivity contribution in [2.75, 3.05) is 26.2 Å². The number of carbonyl (C=O) groups is 2. The summed E-state index contributed by atoms with van der Waals surface area (Å²) in [5.74, 6) is -1.77. The van der Waals surface area contributed by atoms with E-state index in [0.717, 1.165) is 0 Å². The number of nitrogens with one attached hydrogen (secondary N) is 1. The molecule has 0 spiro atoms.